The molecule has 2 aromatic carbocycles. The zero-order valence-corrected chi connectivity index (χ0v) is 18.9. The highest BCUT2D eigenvalue weighted by Crippen LogP contribution is 2.38. The van der Waals surface area contributed by atoms with Crippen LogP contribution in [0.15, 0.2) is 36.4 Å². The number of hydrogen-bond donors (Lipinski definition) is 1. The summed E-state index contributed by atoms with van der Waals surface area (Å²) < 4.78 is 7.33. The van der Waals surface area contributed by atoms with E-state index in [9.17, 15) is 9.59 Å². The van der Waals surface area contributed by atoms with E-state index in [1.165, 1.54) is 12.1 Å². The molecule has 1 aromatic heterocycles. The van der Waals surface area contributed by atoms with Gasteiger partial charge in [-0.2, -0.15) is 4.79 Å². The average Bonchev–Trinajstić information content (AvgIpc) is 3.41. The van der Waals surface area contributed by atoms with Gasteiger partial charge in [0, 0.05) is 30.1 Å². The topological polar surface area (TPSA) is 101 Å². The number of nitrogens with zero attached hydrogens (tertiary/aromatic N) is 4. The maximum atomic E-state index is 13.4. The number of carbonyl (C=O) groups excluding carboxylic acids is 2. The molecule has 0 bridgehead atoms. The Morgan fingerprint density at radius 1 is 1.27 bits per heavy atom. The molecule has 166 valence electrons. The second-order valence-electron chi connectivity index (χ2n) is 7.67. The molecule has 0 spiro atoms. The van der Waals surface area contributed by atoms with Crippen molar-refractivity contribution >= 4 is 57.7 Å². The van der Waals surface area contributed by atoms with Gasteiger partial charge in [0.2, 0.25) is 0 Å². The Hall–Kier alpha value is -3.47. The second-order valence-corrected chi connectivity index (χ2v) is 8.46. The van der Waals surface area contributed by atoms with Gasteiger partial charge in [-0.05, 0) is 36.2 Å². The first kappa shape index (κ1) is 22.7. The maximum absolute atomic E-state index is 13.4. The molecule has 1 aliphatic rings. The van der Waals surface area contributed by atoms with E-state index in [2.05, 4.69) is 15.0 Å². The van der Waals surface area contributed by atoms with Crippen molar-refractivity contribution in [1.82, 2.24) is 9.88 Å². The van der Waals surface area contributed by atoms with Gasteiger partial charge in [0.05, 0.1) is 28.8 Å². The van der Waals surface area contributed by atoms with Crippen molar-refractivity contribution in [2.75, 3.05) is 13.2 Å². The van der Waals surface area contributed by atoms with Crippen LogP contribution < -0.4 is 5.32 Å². The van der Waals surface area contributed by atoms with Crippen LogP contribution in [-0.2, 0) is 17.3 Å². The van der Waals surface area contributed by atoms with E-state index in [1.54, 1.807) is 35.9 Å². The number of fused-ring (bicyclic) bond motifs is 1. The highest BCUT2D eigenvalue weighted by molar-refractivity contribution is 6.45. The molecule has 0 aliphatic carbocycles. The first-order chi connectivity index (χ1) is 15.8. The van der Waals surface area contributed by atoms with Gasteiger partial charge in [-0.15, -0.1) is 0 Å². The van der Waals surface area contributed by atoms with Gasteiger partial charge in [0.25, 0.3) is 11.7 Å². The van der Waals surface area contributed by atoms with E-state index in [4.69, 9.17) is 40.0 Å². The summed E-state index contributed by atoms with van der Waals surface area (Å²) in [5.74, 6) is -0.907. The summed E-state index contributed by atoms with van der Waals surface area (Å²) in [6.07, 6.45) is 1.21. The van der Waals surface area contributed by atoms with Crippen LogP contribution in [0.5, 0.6) is 0 Å². The van der Waals surface area contributed by atoms with E-state index in [0.717, 1.165) is 11.7 Å². The van der Waals surface area contributed by atoms with Crippen LogP contribution in [0.1, 0.15) is 32.8 Å². The number of nitrogens with one attached hydrogen (secondary N) is 1. The number of benzene rings is 2. The van der Waals surface area contributed by atoms with Gasteiger partial charge in [-0.25, -0.2) is 4.85 Å². The molecule has 1 fully saturated rings. The highest BCUT2D eigenvalue weighted by Gasteiger charge is 2.40. The summed E-state index contributed by atoms with van der Waals surface area (Å²) in [7, 11) is 1.76. The third-order valence-corrected chi connectivity index (χ3v) is 6.63. The number of halogens is 2. The summed E-state index contributed by atoms with van der Waals surface area (Å²) in [6.45, 7) is 8.18. The lowest BCUT2D eigenvalue weighted by Gasteiger charge is -2.31. The summed E-state index contributed by atoms with van der Waals surface area (Å²) in [4.78, 5) is 31.7. The molecule has 1 amide bonds. The lowest BCUT2D eigenvalue weighted by molar-refractivity contribution is 0.00234. The molecule has 0 saturated carbocycles. The van der Waals surface area contributed by atoms with Crippen LogP contribution in [0.3, 0.4) is 0 Å². The predicted octanol–water partition coefficient (Wildman–Crippen LogP) is 4.56. The zero-order valence-electron chi connectivity index (χ0n) is 17.4. The van der Waals surface area contributed by atoms with E-state index in [-0.39, 0.29) is 23.8 Å². The molecule has 1 saturated heterocycles. The van der Waals surface area contributed by atoms with E-state index in [0.29, 0.717) is 39.7 Å². The monoisotopic (exact) mass is 481 g/mol. The summed E-state index contributed by atoms with van der Waals surface area (Å²) >= 11 is 12.5. The van der Waals surface area contributed by atoms with E-state index >= 15 is 0 Å². The minimum atomic E-state index is -0.957. The Kier molecular flexibility index (Phi) is 6.07. The number of ketones is 1. The Morgan fingerprint density at radius 2 is 2.06 bits per heavy atom. The van der Waals surface area contributed by atoms with Crippen molar-refractivity contribution in [3.63, 3.8) is 0 Å². The van der Waals surface area contributed by atoms with E-state index < -0.39 is 11.3 Å². The van der Waals surface area contributed by atoms with Crippen molar-refractivity contribution in [2.24, 2.45) is 7.05 Å². The minimum Gasteiger partial charge on any atom is -0.379 e. The highest BCUT2D eigenvalue weighted by atomic mass is 35.5. The Balaban J connectivity index is 1.75. The number of aromatic nitrogens is 1. The smallest absolute Gasteiger partial charge is 0.328 e. The Labute approximate surface area is 199 Å². The normalized spacial score (nSPS) is 17.4. The molecule has 3 aromatic rings. The van der Waals surface area contributed by atoms with Crippen LogP contribution in [-0.4, -0.2) is 40.5 Å². The number of Topliss-reactive ketones (excluding diaryl/α,β-unsaturated/α-hetero) is 1. The lowest BCUT2D eigenvalue weighted by Crippen LogP contribution is -2.47. The fraction of sp³-hybridized carbons (Fsp3) is 0.217. The maximum Gasteiger partial charge on any atom is 0.328 e. The third kappa shape index (κ3) is 3.92. The summed E-state index contributed by atoms with van der Waals surface area (Å²) in [5.41, 5.74) is 9.72. The standard InChI is InChI=1S/C23H17Cl2N5O3/c1-27-17-9-13(20(31)11-28-26)3-4-15(17)23(7-8-33-12-23)29-22(32)19-10-14-18(30(19)2)6-5-16(24)21(14)25/h3-6,9-11H,7-8,12H2,2H3,(H,29,32). The molecule has 2 heterocycles. The molecule has 8 nitrogen and oxygen atoms in total. The lowest BCUT2D eigenvalue weighted by atomic mass is 9.86. The van der Waals surface area contributed by atoms with Gasteiger partial charge in [-0.3, -0.25) is 9.59 Å². The Bertz CT molecular complexity index is 1390. The first-order valence-electron chi connectivity index (χ1n) is 9.89. The number of hydrogen-bond acceptors (Lipinski definition) is 3. The number of carbonyl (C=O) groups is 2. The molecule has 1 atom stereocenters. The quantitative estimate of drug-likeness (QED) is 0.190. The van der Waals surface area contributed by atoms with Crippen molar-refractivity contribution in [3.8, 4) is 0 Å². The van der Waals surface area contributed by atoms with E-state index in [1.807, 2.05) is 0 Å². The Morgan fingerprint density at radius 3 is 2.73 bits per heavy atom. The number of ether oxygens (including phenoxy) is 1. The van der Waals surface area contributed by atoms with Gasteiger partial charge in [0.15, 0.2) is 5.69 Å². The largest absolute Gasteiger partial charge is 0.379 e. The van der Waals surface area contributed by atoms with Gasteiger partial charge in [0.1, 0.15) is 5.69 Å². The van der Waals surface area contributed by atoms with Crippen molar-refractivity contribution in [1.29, 1.82) is 0 Å². The van der Waals surface area contributed by atoms with Crippen LogP contribution in [0, 0.1) is 6.57 Å². The molecule has 10 heteroatoms. The van der Waals surface area contributed by atoms with Crippen LogP contribution >= 0.6 is 23.2 Å². The first-order valence-corrected chi connectivity index (χ1v) is 10.6. The number of aryl methyl sites for hydroxylation is 1. The van der Waals surface area contributed by atoms with Crippen molar-refractivity contribution < 1.29 is 19.1 Å². The average molecular weight is 482 g/mol. The zero-order chi connectivity index (χ0) is 23.8. The van der Waals surface area contributed by atoms with Crippen LogP contribution in [0.2, 0.25) is 10.0 Å². The molecule has 0 radical (unpaired) electrons. The fourth-order valence-electron chi connectivity index (χ4n) is 4.10. The minimum absolute atomic E-state index is 0.170. The molecule has 33 heavy (non-hydrogen) atoms. The summed E-state index contributed by atoms with van der Waals surface area (Å²) in [6, 6.07) is 9.70. The predicted molar refractivity (Wildman–Crippen MR) is 124 cm³/mol. The van der Waals surface area contributed by atoms with Gasteiger partial charge < -0.3 is 20.2 Å². The third-order valence-electron chi connectivity index (χ3n) is 5.81. The number of rotatable bonds is 5. The van der Waals surface area contributed by atoms with Gasteiger partial charge >= 0.3 is 6.21 Å². The molecule has 1 unspecified atom stereocenters. The molecule has 4 rings (SSSR count). The van der Waals surface area contributed by atoms with Crippen molar-refractivity contribution in [3.05, 3.63) is 80.2 Å². The molecular weight excluding hydrogens is 465 g/mol. The second kappa shape index (κ2) is 8.81. The fourth-order valence-corrected chi connectivity index (χ4v) is 4.48. The van der Waals surface area contributed by atoms with Crippen molar-refractivity contribution in [2.45, 2.75) is 12.0 Å². The SMILES string of the molecule is [C-]#[N+]c1cc(C(=O)C=[N+]=[N-])ccc1C1(NC(=O)c2cc3c(Cl)c(Cl)ccc3n2C)CCOC1. The summed E-state index contributed by atoms with van der Waals surface area (Å²) in [5, 5.41) is 4.47. The van der Waals surface area contributed by atoms with Gasteiger partial charge in [-0.1, -0.05) is 35.3 Å². The van der Waals surface area contributed by atoms with Crippen LogP contribution in [0.25, 0.3) is 21.3 Å². The van der Waals surface area contributed by atoms with Crippen LogP contribution in [0.4, 0.5) is 5.69 Å². The molecule has 1 N–H and O–H groups in total. The number of amides is 1. The molecule has 1 aliphatic heterocycles. The molecular formula is C23H17Cl2N5O3.